The minimum absolute atomic E-state index is 0.633. The van der Waals surface area contributed by atoms with Gasteiger partial charge in [0.1, 0.15) is 17.8 Å². The maximum Gasteiger partial charge on any atom is 0.150 e. The van der Waals surface area contributed by atoms with Crippen LogP contribution in [0.5, 0.6) is 5.75 Å². The first-order chi connectivity index (χ1) is 8.30. The number of aliphatic imine (C=N–C) groups is 1. The molecule has 0 atom stereocenters. The predicted molar refractivity (Wildman–Crippen MR) is 72.0 cm³/mol. The number of hydrogen-bond donors (Lipinski definition) is 0. The Kier molecular flexibility index (Phi) is 8.29. The quantitative estimate of drug-likeness (QED) is 0.453. The first-order valence-corrected chi connectivity index (χ1v) is 5.61. The maximum atomic E-state index is 10.4. The average molecular weight is 233 g/mol. The standard InChI is InChI=1S/C12H13NO2.C2H6/c1-3-11(8-13-2)15-12-6-4-10(9-14)5-7-12;1-2/h3-9H,1-2H3;1-2H3/b11-3+,13-8?;. The minimum atomic E-state index is 0.633. The number of allylic oxidation sites excluding steroid dienone is 2. The summed E-state index contributed by atoms with van der Waals surface area (Å²) >= 11 is 0. The molecule has 0 unspecified atom stereocenters. The topological polar surface area (TPSA) is 38.7 Å². The molecule has 0 fully saturated rings. The summed E-state index contributed by atoms with van der Waals surface area (Å²) in [5.41, 5.74) is 0.633. The van der Waals surface area contributed by atoms with Crippen LogP contribution in [0, 0.1) is 0 Å². The first kappa shape index (κ1) is 15.1. The molecule has 0 saturated carbocycles. The van der Waals surface area contributed by atoms with E-state index in [1.54, 1.807) is 37.5 Å². The number of carbonyl (C=O) groups is 1. The van der Waals surface area contributed by atoms with Crippen molar-refractivity contribution in [3.8, 4) is 5.75 Å². The van der Waals surface area contributed by atoms with E-state index < -0.39 is 0 Å². The fourth-order valence-electron chi connectivity index (χ4n) is 1.04. The molecule has 0 aliphatic heterocycles. The molecular weight excluding hydrogens is 214 g/mol. The third-order valence-electron chi connectivity index (χ3n) is 1.79. The average Bonchev–Trinajstić information content (AvgIpc) is 2.41. The number of nitrogens with zero attached hydrogens (tertiary/aromatic N) is 1. The van der Waals surface area contributed by atoms with Gasteiger partial charge in [-0.05, 0) is 37.3 Å². The van der Waals surface area contributed by atoms with Crippen molar-refractivity contribution < 1.29 is 9.53 Å². The van der Waals surface area contributed by atoms with Crippen LogP contribution >= 0.6 is 0 Å². The Morgan fingerprint density at radius 1 is 1.24 bits per heavy atom. The van der Waals surface area contributed by atoms with Crippen molar-refractivity contribution in [2.24, 2.45) is 4.99 Å². The zero-order valence-corrected chi connectivity index (χ0v) is 10.8. The van der Waals surface area contributed by atoms with Crippen molar-refractivity contribution >= 4 is 12.5 Å². The van der Waals surface area contributed by atoms with Gasteiger partial charge in [-0.25, -0.2) is 0 Å². The number of aldehydes is 1. The zero-order valence-electron chi connectivity index (χ0n) is 10.8. The summed E-state index contributed by atoms with van der Waals surface area (Å²) in [7, 11) is 1.68. The van der Waals surface area contributed by atoms with Gasteiger partial charge in [-0.3, -0.25) is 9.79 Å². The van der Waals surface area contributed by atoms with E-state index in [1.807, 2.05) is 26.8 Å². The van der Waals surface area contributed by atoms with Gasteiger partial charge in [0.2, 0.25) is 0 Å². The lowest BCUT2D eigenvalue weighted by Gasteiger charge is -2.04. The lowest BCUT2D eigenvalue weighted by atomic mass is 10.2. The van der Waals surface area contributed by atoms with Crippen molar-refractivity contribution in [2.75, 3.05) is 7.05 Å². The van der Waals surface area contributed by atoms with Crippen LogP contribution in [-0.2, 0) is 0 Å². The maximum absolute atomic E-state index is 10.4. The van der Waals surface area contributed by atoms with Gasteiger partial charge in [0.15, 0.2) is 0 Å². The normalized spacial score (nSPS) is 10.7. The summed E-state index contributed by atoms with van der Waals surface area (Å²) in [5, 5.41) is 0. The highest BCUT2D eigenvalue weighted by molar-refractivity contribution is 5.77. The second kappa shape index (κ2) is 9.33. The molecule has 0 aromatic heterocycles. The molecule has 0 radical (unpaired) electrons. The molecule has 1 aromatic carbocycles. The molecule has 3 nitrogen and oxygen atoms in total. The Morgan fingerprint density at radius 2 is 1.82 bits per heavy atom. The summed E-state index contributed by atoms with van der Waals surface area (Å²) in [4.78, 5) is 14.3. The van der Waals surface area contributed by atoms with Crippen molar-refractivity contribution in [3.63, 3.8) is 0 Å². The van der Waals surface area contributed by atoms with Gasteiger partial charge in [0.25, 0.3) is 0 Å². The molecule has 0 N–H and O–H groups in total. The summed E-state index contributed by atoms with van der Waals surface area (Å²) in [5.74, 6) is 1.37. The minimum Gasteiger partial charge on any atom is -0.456 e. The largest absolute Gasteiger partial charge is 0.456 e. The van der Waals surface area contributed by atoms with E-state index in [2.05, 4.69) is 4.99 Å². The molecule has 3 heteroatoms. The summed E-state index contributed by atoms with van der Waals surface area (Å²) in [6, 6.07) is 6.91. The Labute approximate surface area is 103 Å². The van der Waals surface area contributed by atoms with Crippen molar-refractivity contribution in [1.82, 2.24) is 0 Å². The Balaban J connectivity index is 0.00000121. The Bertz CT molecular complexity index is 378. The van der Waals surface area contributed by atoms with Gasteiger partial charge in [0, 0.05) is 12.6 Å². The highest BCUT2D eigenvalue weighted by atomic mass is 16.5. The number of hydrogen-bond acceptors (Lipinski definition) is 3. The molecule has 0 aliphatic carbocycles. The van der Waals surface area contributed by atoms with Gasteiger partial charge in [-0.15, -0.1) is 0 Å². The Hall–Kier alpha value is -1.90. The van der Waals surface area contributed by atoms with Crippen molar-refractivity contribution in [3.05, 3.63) is 41.7 Å². The van der Waals surface area contributed by atoms with Crippen LogP contribution in [0.25, 0.3) is 0 Å². The summed E-state index contributed by atoms with van der Waals surface area (Å²) in [6.07, 6.45) is 4.25. The molecular formula is C14H19NO2. The second-order valence-electron chi connectivity index (χ2n) is 2.87. The molecule has 92 valence electrons. The fourth-order valence-corrected chi connectivity index (χ4v) is 1.04. The van der Waals surface area contributed by atoms with Gasteiger partial charge in [0.05, 0.1) is 6.21 Å². The van der Waals surface area contributed by atoms with E-state index in [4.69, 9.17) is 4.74 Å². The summed E-state index contributed by atoms with van der Waals surface area (Å²) < 4.78 is 5.50. The van der Waals surface area contributed by atoms with Crippen molar-refractivity contribution in [1.29, 1.82) is 0 Å². The van der Waals surface area contributed by atoms with Crippen molar-refractivity contribution in [2.45, 2.75) is 20.8 Å². The SMILES string of the molecule is C/C=C(\C=NC)Oc1ccc(C=O)cc1.CC. The lowest BCUT2D eigenvalue weighted by Crippen LogP contribution is -1.96. The van der Waals surface area contributed by atoms with E-state index in [0.717, 1.165) is 6.29 Å². The van der Waals surface area contributed by atoms with E-state index in [0.29, 0.717) is 17.1 Å². The third-order valence-corrected chi connectivity index (χ3v) is 1.79. The highest BCUT2D eigenvalue weighted by Crippen LogP contribution is 2.13. The molecule has 0 amide bonds. The van der Waals surface area contributed by atoms with Crippen LogP contribution in [0.4, 0.5) is 0 Å². The molecule has 1 aromatic rings. The van der Waals surface area contributed by atoms with Gasteiger partial charge in [-0.1, -0.05) is 13.8 Å². The third kappa shape index (κ3) is 5.66. The first-order valence-electron chi connectivity index (χ1n) is 5.61. The molecule has 17 heavy (non-hydrogen) atoms. The van der Waals surface area contributed by atoms with Gasteiger partial charge >= 0.3 is 0 Å². The van der Waals surface area contributed by atoms with Crippen LogP contribution in [0.15, 0.2) is 41.1 Å². The predicted octanol–water partition coefficient (Wildman–Crippen LogP) is 3.51. The second-order valence-corrected chi connectivity index (χ2v) is 2.87. The van der Waals surface area contributed by atoms with Crippen LogP contribution in [0.1, 0.15) is 31.1 Å². The fraction of sp³-hybridized carbons (Fsp3) is 0.286. The van der Waals surface area contributed by atoms with Crippen LogP contribution in [-0.4, -0.2) is 19.5 Å². The molecule has 1 rings (SSSR count). The number of carbonyl (C=O) groups excluding carboxylic acids is 1. The number of benzene rings is 1. The highest BCUT2D eigenvalue weighted by Gasteiger charge is 1.96. The molecule has 0 saturated heterocycles. The van der Waals surface area contributed by atoms with Crippen LogP contribution in [0.3, 0.4) is 0 Å². The van der Waals surface area contributed by atoms with Crippen LogP contribution in [0.2, 0.25) is 0 Å². The van der Waals surface area contributed by atoms with Gasteiger partial charge in [-0.2, -0.15) is 0 Å². The monoisotopic (exact) mass is 233 g/mol. The van der Waals surface area contributed by atoms with E-state index in [1.165, 1.54) is 0 Å². The molecule has 0 aliphatic rings. The lowest BCUT2D eigenvalue weighted by molar-refractivity contribution is 0.112. The van der Waals surface area contributed by atoms with E-state index in [9.17, 15) is 4.79 Å². The number of rotatable bonds is 4. The van der Waals surface area contributed by atoms with E-state index in [-0.39, 0.29) is 0 Å². The van der Waals surface area contributed by atoms with Gasteiger partial charge < -0.3 is 4.74 Å². The molecule has 0 spiro atoms. The number of ether oxygens (including phenoxy) is 1. The Morgan fingerprint density at radius 3 is 2.24 bits per heavy atom. The van der Waals surface area contributed by atoms with Crippen LogP contribution < -0.4 is 4.74 Å². The molecule has 0 bridgehead atoms. The molecule has 0 heterocycles. The smallest absolute Gasteiger partial charge is 0.150 e. The summed E-state index contributed by atoms with van der Waals surface area (Å²) in [6.45, 7) is 5.87. The zero-order chi connectivity index (χ0) is 13.1. The van der Waals surface area contributed by atoms with E-state index >= 15 is 0 Å².